The van der Waals surface area contributed by atoms with E-state index in [1.165, 1.54) is 0 Å². The second kappa shape index (κ2) is 4.72. The highest BCUT2D eigenvalue weighted by molar-refractivity contribution is 6.31. The van der Waals surface area contributed by atoms with Gasteiger partial charge >= 0.3 is 0 Å². The maximum atomic E-state index is 11.5. The van der Waals surface area contributed by atoms with Crippen LogP contribution < -0.4 is 16.0 Å². The van der Waals surface area contributed by atoms with Crippen LogP contribution in [0.4, 0.5) is 11.4 Å². The van der Waals surface area contributed by atoms with Crippen LogP contribution in [0, 0.1) is 0 Å². The molecule has 0 spiro atoms. The first kappa shape index (κ1) is 11.2. The molecule has 4 nitrogen and oxygen atoms in total. The molecule has 1 aliphatic rings. The Morgan fingerprint density at radius 1 is 1.50 bits per heavy atom. The summed E-state index contributed by atoms with van der Waals surface area (Å²) in [6, 6.07) is 5.45. The monoisotopic (exact) mass is 239 g/mol. The summed E-state index contributed by atoms with van der Waals surface area (Å²) < 4.78 is 0. The Bertz CT molecular complexity index is 408. The molecule has 3 N–H and O–H groups in total. The molecule has 1 aromatic rings. The number of carbonyl (C=O) groups excluding carboxylic acids is 1. The third-order valence-corrected chi connectivity index (χ3v) is 2.82. The zero-order chi connectivity index (χ0) is 11.5. The van der Waals surface area contributed by atoms with Crippen molar-refractivity contribution in [1.29, 1.82) is 0 Å². The van der Waals surface area contributed by atoms with E-state index >= 15 is 0 Å². The Labute approximate surface area is 99.4 Å². The minimum Gasteiger partial charge on any atom is -0.368 e. The van der Waals surface area contributed by atoms with E-state index in [0.29, 0.717) is 24.5 Å². The number of nitrogens with one attached hydrogen (secondary N) is 1. The molecule has 1 amide bonds. The maximum absolute atomic E-state index is 11.5. The van der Waals surface area contributed by atoms with Crippen LogP contribution in [0.5, 0.6) is 0 Å². The molecule has 0 saturated heterocycles. The van der Waals surface area contributed by atoms with Crippen LogP contribution in [0.25, 0.3) is 0 Å². The molecule has 86 valence electrons. The van der Waals surface area contributed by atoms with Gasteiger partial charge in [-0.3, -0.25) is 4.79 Å². The van der Waals surface area contributed by atoms with Gasteiger partial charge in [-0.2, -0.15) is 0 Å². The van der Waals surface area contributed by atoms with E-state index in [-0.39, 0.29) is 5.91 Å². The van der Waals surface area contributed by atoms with Gasteiger partial charge in [0.2, 0.25) is 5.91 Å². The summed E-state index contributed by atoms with van der Waals surface area (Å²) in [5.74, 6) is 0.0306. The first-order chi connectivity index (χ1) is 7.70. The average Bonchev–Trinajstić information content (AvgIpc) is 2.40. The SMILES string of the molecule is NCCN1CCC(=O)Nc2ccc(Cl)cc21. The van der Waals surface area contributed by atoms with Gasteiger partial charge in [-0.15, -0.1) is 0 Å². The highest BCUT2D eigenvalue weighted by Gasteiger charge is 2.18. The van der Waals surface area contributed by atoms with Crippen LogP contribution in [-0.4, -0.2) is 25.5 Å². The molecular weight excluding hydrogens is 226 g/mol. The van der Waals surface area contributed by atoms with Crippen LogP contribution >= 0.6 is 11.6 Å². The predicted octanol–water partition coefficient (Wildman–Crippen LogP) is 1.45. The minimum absolute atomic E-state index is 0.0306. The summed E-state index contributed by atoms with van der Waals surface area (Å²) in [5, 5.41) is 3.52. The molecule has 5 heteroatoms. The zero-order valence-corrected chi connectivity index (χ0v) is 9.63. The molecule has 0 radical (unpaired) electrons. The maximum Gasteiger partial charge on any atom is 0.226 e. The number of halogens is 1. The van der Waals surface area contributed by atoms with Crippen molar-refractivity contribution >= 4 is 28.9 Å². The van der Waals surface area contributed by atoms with E-state index in [0.717, 1.165) is 17.9 Å². The molecule has 1 aromatic carbocycles. The van der Waals surface area contributed by atoms with Crippen LogP contribution in [0.3, 0.4) is 0 Å². The summed E-state index contributed by atoms with van der Waals surface area (Å²) in [5.41, 5.74) is 7.31. The lowest BCUT2D eigenvalue weighted by Gasteiger charge is -2.23. The van der Waals surface area contributed by atoms with Gasteiger partial charge in [-0.1, -0.05) is 11.6 Å². The number of hydrogen-bond donors (Lipinski definition) is 2. The molecule has 1 heterocycles. The summed E-state index contributed by atoms with van der Waals surface area (Å²) in [4.78, 5) is 13.6. The fraction of sp³-hybridized carbons (Fsp3) is 0.364. The van der Waals surface area contributed by atoms with Crippen LogP contribution in [0.15, 0.2) is 18.2 Å². The molecule has 16 heavy (non-hydrogen) atoms. The molecule has 0 bridgehead atoms. The Kier molecular flexibility index (Phi) is 3.31. The van der Waals surface area contributed by atoms with Crippen molar-refractivity contribution in [2.45, 2.75) is 6.42 Å². The molecule has 2 rings (SSSR count). The van der Waals surface area contributed by atoms with Gasteiger partial charge in [0.1, 0.15) is 0 Å². The number of hydrogen-bond acceptors (Lipinski definition) is 3. The fourth-order valence-electron chi connectivity index (χ4n) is 1.83. The number of amides is 1. The van der Waals surface area contributed by atoms with E-state index in [9.17, 15) is 4.79 Å². The van der Waals surface area contributed by atoms with E-state index in [4.69, 9.17) is 17.3 Å². The lowest BCUT2D eigenvalue weighted by Crippen LogP contribution is -2.30. The topological polar surface area (TPSA) is 58.4 Å². The first-order valence-electron chi connectivity index (χ1n) is 5.25. The van der Waals surface area contributed by atoms with E-state index in [2.05, 4.69) is 10.2 Å². The summed E-state index contributed by atoms with van der Waals surface area (Å²) in [7, 11) is 0. The van der Waals surface area contributed by atoms with Gasteiger partial charge in [-0.05, 0) is 18.2 Å². The quantitative estimate of drug-likeness (QED) is 0.821. The molecule has 0 saturated carbocycles. The number of anilines is 2. The Balaban J connectivity index is 2.39. The zero-order valence-electron chi connectivity index (χ0n) is 8.87. The Hall–Kier alpha value is -1.26. The van der Waals surface area contributed by atoms with Crippen molar-refractivity contribution in [2.75, 3.05) is 29.9 Å². The smallest absolute Gasteiger partial charge is 0.226 e. The highest BCUT2D eigenvalue weighted by atomic mass is 35.5. The van der Waals surface area contributed by atoms with Gasteiger partial charge in [0.05, 0.1) is 11.4 Å². The van der Waals surface area contributed by atoms with Crippen molar-refractivity contribution in [3.8, 4) is 0 Å². The van der Waals surface area contributed by atoms with Crippen LogP contribution in [0.1, 0.15) is 6.42 Å². The van der Waals surface area contributed by atoms with Gasteiger partial charge in [-0.25, -0.2) is 0 Å². The largest absolute Gasteiger partial charge is 0.368 e. The van der Waals surface area contributed by atoms with Crippen molar-refractivity contribution < 1.29 is 4.79 Å². The lowest BCUT2D eigenvalue weighted by molar-refractivity contribution is -0.115. The van der Waals surface area contributed by atoms with Crippen molar-refractivity contribution in [3.63, 3.8) is 0 Å². The second-order valence-corrected chi connectivity index (χ2v) is 4.17. The molecule has 0 fully saturated rings. The van der Waals surface area contributed by atoms with Gasteiger partial charge in [0.25, 0.3) is 0 Å². The summed E-state index contributed by atoms with van der Waals surface area (Å²) in [6.07, 6.45) is 0.478. The fourth-order valence-corrected chi connectivity index (χ4v) is 2.00. The Morgan fingerprint density at radius 3 is 3.06 bits per heavy atom. The molecule has 0 aliphatic carbocycles. The third kappa shape index (κ3) is 2.28. The number of nitrogens with two attached hydrogens (primary N) is 1. The van der Waals surface area contributed by atoms with E-state index in [1.807, 2.05) is 12.1 Å². The van der Waals surface area contributed by atoms with Gasteiger partial charge < -0.3 is 16.0 Å². The lowest BCUT2D eigenvalue weighted by atomic mass is 10.2. The molecule has 0 unspecified atom stereocenters. The Morgan fingerprint density at radius 2 is 2.31 bits per heavy atom. The van der Waals surface area contributed by atoms with E-state index in [1.54, 1.807) is 6.07 Å². The molecule has 1 aliphatic heterocycles. The van der Waals surface area contributed by atoms with Crippen LogP contribution in [0.2, 0.25) is 5.02 Å². The van der Waals surface area contributed by atoms with Crippen molar-refractivity contribution in [2.24, 2.45) is 5.73 Å². The number of nitrogens with zero attached hydrogens (tertiary/aromatic N) is 1. The van der Waals surface area contributed by atoms with Crippen molar-refractivity contribution in [1.82, 2.24) is 0 Å². The second-order valence-electron chi connectivity index (χ2n) is 3.74. The standard InChI is InChI=1S/C11H14ClN3O/c12-8-1-2-9-10(7-8)15(6-4-13)5-3-11(16)14-9/h1-2,7H,3-6,13H2,(H,14,16). The molecular formula is C11H14ClN3O. The van der Waals surface area contributed by atoms with E-state index < -0.39 is 0 Å². The highest BCUT2D eigenvalue weighted by Crippen LogP contribution is 2.31. The predicted molar refractivity (Wildman–Crippen MR) is 66.0 cm³/mol. The third-order valence-electron chi connectivity index (χ3n) is 2.58. The van der Waals surface area contributed by atoms with Gasteiger partial charge in [0, 0.05) is 31.1 Å². The normalized spacial score (nSPS) is 15.4. The summed E-state index contributed by atoms with van der Waals surface area (Å²) in [6.45, 7) is 1.96. The van der Waals surface area contributed by atoms with Crippen molar-refractivity contribution in [3.05, 3.63) is 23.2 Å². The number of benzene rings is 1. The minimum atomic E-state index is 0.0306. The van der Waals surface area contributed by atoms with Crippen LogP contribution in [-0.2, 0) is 4.79 Å². The average molecular weight is 240 g/mol. The first-order valence-corrected chi connectivity index (χ1v) is 5.63. The number of carbonyl (C=O) groups is 1. The summed E-state index contributed by atoms with van der Waals surface area (Å²) >= 11 is 5.96. The molecule has 0 aromatic heterocycles. The van der Waals surface area contributed by atoms with Gasteiger partial charge in [0.15, 0.2) is 0 Å². The number of rotatable bonds is 2. The number of fused-ring (bicyclic) bond motifs is 1. The molecule has 0 atom stereocenters.